The number of carbonyl (C=O) groups is 1. The van der Waals surface area contributed by atoms with Gasteiger partial charge < -0.3 is 14.8 Å². The highest BCUT2D eigenvalue weighted by molar-refractivity contribution is 7.92. The molecule has 0 atom stereocenters. The van der Waals surface area contributed by atoms with Crippen LogP contribution in [-0.2, 0) is 10.0 Å². The smallest absolute Gasteiger partial charge is 0.292 e. The van der Waals surface area contributed by atoms with Gasteiger partial charge >= 0.3 is 0 Å². The molecule has 4 rings (SSSR count). The van der Waals surface area contributed by atoms with Crippen LogP contribution in [0, 0.1) is 21.4 Å². The lowest BCUT2D eigenvalue weighted by Crippen LogP contribution is -2.17. The quantitative estimate of drug-likeness (QED) is 0.380. The summed E-state index contributed by atoms with van der Waals surface area (Å²) in [4.78, 5) is 22.8. The lowest BCUT2D eigenvalue weighted by molar-refractivity contribution is -0.383. The van der Waals surface area contributed by atoms with Crippen LogP contribution < -0.4 is 19.5 Å². The highest BCUT2D eigenvalue weighted by Crippen LogP contribution is 2.38. The first-order chi connectivity index (χ1) is 16.2. The van der Waals surface area contributed by atoms with Gasteiger partial charge in [0.1, 0.15) is 16.7 Å². The van der Waals surface area contributed by atoms with Gasteiger partial charge in [0.2, 0.25) is 6.79 Å². The van der Waals surface area contributed by atoms with Gasteiger partial charge in [-0.05, 0) is 24.3 Å². The zero-order valence-corrected chi connectivity index (χ0v) is 18.5. The number of carbonyl (C=O) groups excluding carboxylic acids is 1. The number of sulfonamides is 1. The van der Waals surface area contributed by atoms with Crippen LogP contribution in [0.4, 0.5) is 17.1 Å². The van der Waals surface area contributed by atoms with Crippen LogP contribution >= 0.6 is 11.6 Å². The number of nitro groups is 1. The van der Waals surface area contributed by atoms with Gasteiger partial charge in [-0.15, -0.1) is 0 Å². The SMILES string of the molecule is N#Cc1cc2c(cc1NS(=O)(=O)c1cc(C(=O)Nc3ccccc3[N+](=O)[O-])ccc1Cl)OCO2. The van der Waals surface area contributed by atoms with E-state index >= 15 is 0 Å². The van der Waals surface area contributed by atoms with Crippen LogP contribution in [0.3, 0.4) is 0 Å². The third-order valence-electron chi connectivity index (χ3n) is 4.71. The van der Waals surface area contributed by atoms with E-state index in [1.807, 2.05) is 6.07 Å². The third-order valence-corrected chi connectivity index (χ3v) is 6.56. The molecule has 0 spiro atoms. The molecule has 0 fully saturated rings. The molecule has 1 aliphatic heterocycles. The molecule has 1 aliphatic rings. The maximum atomic E-state index is 13.1. The molecule has 0 aromatic heterocycles. The molecule has 172 valence electrons. The monoisotopic (exact) mass is 500 g/mol. The summed E-state index contributed by atoms with van der Waals surface area (Å²) in [5.41, 5.74) is -0.596. The van der Waals surface area contributed by atoms with Crippen LogP contribution in [0.5, 0.6) is 11.5 Å². The van der Waals surface area contributed by atoms with E-state index in [0.29, 0.717) is 5.75 Å². The van der Waals surface area contributed by atoms with Crippen molar-refractivity contribution in [1.29, 1.82) is 5.26 Å². The summed E-state index contributed by atoms with van der Waals surface area (Å²) < 4.78 is 38.8. The van der Waals surface area contributed by atoms with Crippen LogP contribution in [0.1, 0.15) is 15.9 Å². The van der Waals surface area contributed by atoms with E-state index in [0.717, 1.165) is 6.07 Å². The summed E-state index contributed by atoms with van der Waals surface area (Å²) in [5.74, 6) is -0.241. The van der Waals surface area contributed by atoms with Gasteiger partial charge in [0.15, 0.2) is 11.5 Å². The van der Waals surface area contributed by atoms with Crippen molar-refractivity contribution in [2.75, 3.05) is 16.8 Å². The van der Waals surface area contributed by atoms with E-state index in [2.05, 4.69) is 10.0 Å². The number of fused-ring (bicyclic) bond motifs is 1. The maximum Gasteiger partial charge on any atom is 0.292 e. The Balaban J connectivity index is 1.65. The van der Waals surface area contributed by atoms with Crippen LogP contribution in [-0.4, -0.2) is 26.0 Å². The predicted octanol–water partition coefficient (Wildman–Crippen LogP) is 3.90. The zero-order chi connectivity index (χ0) is 24.5. The Morgan fingerprint density at radius 1 is 1.09 bits per heavy atom. The van der Waals surface area contributed by atoms with Crippen molar-refractivity contribution >= 4 is 44.6 Å². The fourth-order valence-corrected chi connectivity index (χ4v) is 4.70. The number of ether oxygens (including phenoxy) is 2. The van der Waals surface area contributed by atoms with Crippen molar-refractivity contribution in [2.24, 2.45) is 0 Å². The van der Waals surface area contributed by atoms with Crippen molar-refractivity contribution < 1.29 is 27.6 Å². The van der Waals surface area contributed by atoms with Gasteiger partial charge in [0, 0.05) is 23.8 Å². The average Bonchev–Trinajstić information content (AvgIpc) is 3.25. The molecule has 34 heavy (non-hydrogen) atoms. The molecule has 11 nitrogen and oxygen atoms in total. The Bertz CT molecular complexity index is 1480. The number of halogens is 1. The van der Waals surface area contributed by atoms with E-state index in [1.54, 1.807) is 0 Å². The molecule has 3 aromatic carbocycles. The van der Waals surface area contributed by atoms with Gasteiger partial charge in [0.25, 0.3) is 21.6 Å². The summed E-state index contributed by atoms with van der Waals surface area (Å²) in [6, 6.07) is 13.5. The Morgan fingerprint density at radius 3 is 2.50 bits per heavy atom. The molecular weight excluding hydrogens is 488 g/mol. The molecule has 0 unspecified atom stereocenters. The van der Waals surface area contributed by atoms with Gasteiger partial charge in [-0.3, -0.25) is 19.6 Å². The number of nitriles is 1. The fraction of sp³-hybridized carbons (Fsp3) is 0.0476. The first-order valence-electron chi connectivity index (χ1n) is 9.40. The standard InChI is InChI=1S/C21H13ClN4O7S/c22-14-6-5-12(21(27)24-15-3-1-2-4-17(15)26(28)29)8-20(14)34(30,31)25-16-9-19-18(32-11-33-19)7-13(16)10-23/h1-9,25H,11H2,(H,24,27). The summed E-state index contributed by atoms with van der Waals surface area (Å²) in [5, 5.41) is 22.8. The third kappa shape index (κ3) is 4.42. The molecule has 0 saturated heterocycles. The lowest BCUT2D eigenvalue weighted by atomic mass is 10.2. The minimum Gasteiger partial charge on any atom is -0.454 e. The summed E-state index contributed by atoms with van der Waals surface area (Å²) >= 11 is 6.10. The number of anilines is 2. The van der Waals surface area contributed by atoms with E-state index < -0.39 is 25.7 Å². The molecule has 0 aliphatic carbocycles. The fourth-order valence-electron chi connectivity index (χ4n) is 3.10. The first kappa shape index (κ1) is 22.8. The van der Waals surface area contributed by atoms with Crippen molar-refractivity contribution in [1.82, 2.24) is 0 Å². The average molecular weight is 501 g/mol. The highest BCUT2D eigenvalue weighted by Gasteiger charge is 2.25. The number of amides is 1. The minimum atomic E-state index is -4.36. The second-order valence-corrected chi connectivity index (χ2v) is 8.90. The van der Waals surface area contributed by atoms with Crippen molar-refractivity contribution in [3.05, 3.63) is 80.9 Å². The predicted molar refractivity (Wildman–Crippen MR) is 121 cm³/mol. The second-order valence-electron chi connectivity index (χ2n) is 6.84. The van der Waals surface area contributed by atoms with Gasteiger partial charge in [-0.25, -0.2) is 8.42 Å². The van der Waals surface area contributed by atoms with Gasteiger partial charge in [0.05, 0.1) is 21.2 Å². The Labute approximate surface area is 197 Å². The van der Waals surface area contributed by atoms with Gasteiger partial charge in [-0.2, -0.15) is 5.26 Å². The molecule has 0 radical (unpaired) electrons. The molecule has 3 aromatic rings. The first-order valence-corrected chi connectivity index (χ1v) is 11.3. The number of nitro benzene ring substituents is 1. The number of hydrogen-bond donors (Lipinski definition) is 2. The number of benzene rings is 3. The molecule has 1 heterocycles. The van der Waals surface area contributed by atoms with Crippen molar-refractivity contribution in [3.8, 4) is 17.6 Å². The number of rotatable bonds is 6. The van der Waals surface area contributed by atoms with Crippen LogP contribution in [0.25, 0.3) is 0 Å². The second kappa shape index (κ2) is 8.89. The molecule has 13 heteroatoms. The normalized spacial score (nSPS) is 12.0. The molecule has 0 bridgehead atoms. The Hall–Kier alpha value is -4.34. The van der Waals surface area contributed by atoms with Crippen LogP contribution in [0.15, 0.2) is 59.5 Å². The van der Waals surface area contributed by atoms with E-state index in [1.165, 1.54) is 48.5 Å². The molecular formula is C21H13ClN4O7S. The largest absolute Gasteiger partial charge is 0.454 e. The summed E-state index contributed by atoms with van der Waals surface area (Å²) in [6.45, 7) is -0.0705. The van der Waals surface area contributed by atoms with Crippen molar-refractivity contribution in [3.63, 3.8) is 0 Å². The summed E-state index contributed by atoms with van der Waals surface area (Å²) in [7, 11) is -4.36. The summed E-state index contributed by atoms with van der Waals surface area (Å²) in [6.07, 6.45) is 0. The van der Waals surface area contributed by atoms with Crippen LogP contribution in [0.2, 0.25) is 5.02 Å². The Morgan fingerprint density at radius 2 is 1.79 bits per heavy atom. The van der Waals surface area contributed by atoms with E-state index in [4.69, 9.17) is 21.1 Å². The number of nitrogens with one attached hydrogen (secondary N) is 2. The minimum absolute atomic E-state index is 0.0192. The van der Waals surface area contributed by atoms with Crippen molar-refractivity contribution in [2.45, 2.75) is 4.90 Å². The molecule has 1 amide bonds. The highest BCUT2D eigenvalue weighted by atomic mass is 35.5. The van der Waals surface area contributed by atoms with E-state index in [-0.39, 0.29) is 45.8 Å². The molecule has 2 N–H and O–H groups in total. The van der Waals surface area contributed by atoms with Gasteiger partial charge in [-0.1, -0.05) is 23.7 Å². The van der Waals surface area contributed by atoms with E-state index in [9.17, 15) is 28.6 Å². The number of nitrogens with zero attached hydrogens (tertiary/aromatic N) is 2. The zero-order valence-electron chi connectivity index (χ0n) is 16.9. The Kier molecular flexibility index (Phi) is 5.97. The maximum absolute atomic E-state index is 13.1. The number of para-hydroxylation sites is 2. The topological polar surface area (TPSA) is 161 Å². The number of hydrogen-bond acceptors (Lipinski definition) is 8. The molecule has 0 saturated carbocycles. The lowest BCUT2D eigenvalue weighted by Gasteiger charge is -2.13.